The van der Waals surface area contributed by atoms with Crippen molar-refractivity contribution in [1.82, 2.24) is 9.97 Å². The van der Waals surface area contributed by atoms with E-state index in [0.717, 1.165) is 22.0 Å². The molecule has 96 valence electrons. The van der Waals surface area contributed by atoms with Crippen molar-refractivity contribution < 1.29 is 9.90 Å². The second-order valence-electron chi connectivity index (χ2n) is 3.76. The molecule has 0 aliphatic rings. The highest BCUT2D eigenvalue weighted by Gasteiger charge is 2.13. The quantitative estimate of drug-likeness (QED) is 0.882. The Morgan fingerprint density at radius 2 is 2.22 bits per heavy atom. The van der Waals surface area contributed by atoms with Crippen molar-refractivity contribution in [1.29, 1.82) is 0 Å². The highest BCUT2D eigenvalue weighted by molar-refractivity contribution is 7.15. The molecule has 0 aromatic carbocycles. The maximum absolute atomic E-state index is 10.8. The summed E-state index contributed by atoms with van der Waals surface area (Å²) in [4.78, 5) is 20.0. The molecule has 2 aromatic rings. The summed E-state index contributed by atoms with van der Waals surface area (Å²) in [5.41, 5.74) is 1.18. The van der Waals surface area contributed by atoms with Crippen LogP contribution in [0.4, 0.5) is 5.13 Å². The van der Waals surface area contributed by atoms with E-state index in [2.05, 4.69) is 15.3 Å². The number of carboxylic acid groups (broad SMARTS) is 1. The Kier molecular flexibility index (Phi) is 3.93. The van der Waals surface area contributed by atoms with E-state index in [9.17, 15) is 4.79 Å². The van der Waals surface area contributed by atoms with Crippen LogP contribution in [-0.2, 0) is 6.42 Å². The van der Waals surface area contributed by atoms with E-state index in [1.165, 1.54) is 11.3 Å². The van der Waals surface area contributed by atoms with Crippen LogP contribution in [0.15, 0.2) is 5.38 Å². The molecule has 7 heteroatoms. The molecule has 18 heavy (non-hydrogen) atoms. The molecule has 2 heterocycles. The Hall–Kier alpha value is -1.47. The van der Waals surface area contributed by atoms with E-state index in [0.29, 0.717) is 11.7 Å². The summed E-state index contributed by atoms with van der Waals surface area (Å²) in [5, 5.41) is 15.8. The first-order valence-corrected chi connectivity index (χ1v) is 7.11. The first kappa shape index (κ1) is 13.0. The number of aromatic nitrogens is 2. The highest BCUT2D eigenvalue weighted by Crippen LogP contribution is 2.21. The first-order valence-electron chi connectivity index (χ1n) is 5.42. The van der Waals surface area contributed by atoms with Crippen molar-refractivity contribution in [3.8, 4) is 0 Å². The zero-order valence-electron chi connectivity index (χ0n) is 10.1. The van der Waals surface area contributed by atoms with Gasteiger partial charge in [-0.15, -0.1) is 22.7 Å². The SMILES string of the molecule is Cc1nc(CCNc2nc(C(=O)O)c(C)s2)cs1. The number of hydrogen-bond acceptors (Lipinski definition) is 6. The van der Waals surface area contributed by atoms with Gasteiger partial charge >= 0.3 is 5.97 Å². The van der Waals surface area contributed by atoms with Gasteiger partial charge in [0.2, 0.25) is 0 Å². The number of hydrogen-bond donors (Lipinski definition) is 2. The minimum atomic E-state index is -0.980. The van der Waals surface area contributed by atoms with E-state index in [1.807, 2.05) is 12.3 Å². The summed E-state index contributed by atoms with van der Waals surface area (Å²) in [6.07, 6.45) is 0.811. The first-order chi connectivity index (χ1) is 8.56. The Labute approximate surface area is 113 Å². The van der Waals surface area contributed by atoms with Crippen LogP contribution in [-0.4, -0.2) is 27.6 Å². The Bertz CT molecular complexity index is 562. The van der Waals surface area contributed by atoms with Gasteiger partial charge in [0.25, 0.3) is 0 Å². The van der Waals surface area contributed by atoms with Gasteiger partial charge in [0.1, 0.15) is 0 Å². The lowest BCUT2D eigenvalue weighted by molar-refractivity contribution is 0.0690. The normalized spacial score (nSPS) is 10.6. The summed E-state index contributed by atoms with van der Waals surface area (Å²) in [6, 6.07) is 0. The third-order valence-electron chi connectivity index (χ3n) is 2.32. The van der Waals surface area contributed by atoms with Crippen LogP contribution in [0.2, 0.25) is 0 Å². The van der Waals surface area contributed by atoms with E-state index >= 15 is 0 Å². The average Bonchev–Trinajstić information content (AvgIpc) is 2.85. The van der Waals surface area contributed by atoms with Crippen LogP contribution in [0.1, 0.15) is 26.1 Å². The molecule has 0 unspecified atom stereocenters. The molecule has 0 bridgehead atoms. The van der Waals surface area contributed by atoms with Gasteiger partial charge in [-0.25, -0.2) is 14.8 Å². The molecular formula is C11H13N3O2S2. The molecule has 0 amide bonds. The molecule has 0 saturated carbocycles. The van der Waals surface area contributed by atoms with Crippen LogP contribution < -0.4 is 5.32 Å². The Morgan fingerprint density at radius 3 is 2.78 bits per heavy atom. The highest BCUT2D eigenvalue weighted by atomic mass is 32.1. The number of thiazole rings is 2. The summed E-state index contributed by atoms with van der Waals surface area (Å²) in [7, 11) is 0. The predicted molar refractivity (Wildman–Crippen MR) is 72.9 cm³/mol. The van der Waals surface area contributed by atoms with Gasteiger partial charge in [0, 0.05) is 23.2 Å². The number of carbonyl (C=O) groups is 1. The summed E-state index contributed by atoms with van der Waals surface area (Å²) < 4.78 is 0. The van der Waals surface area contributed by atoms with Crippen LogP contribution in [0.3, 0.4) is 0 Å². The molecule has 2 N–H and O–H groups in total. The van der Waals surface area contributed by atoms with E-state index < -0.39 is 5.97 Å². The second kappa shape index (κ2) is 5.45. The number of rotatable bonds is 5. The lowest BCUT2D eigenvalue weighted by Gasteiger charge is -1.99. The van der Waals surface area contributed by atoms with Gasteiger partial charge in [0.15, 0.2) is 10.8 Å². The van der Waals surface area contributed by atoms with E-state index in [4.69, 9.17) is 5.11 Å². The minimum Gasteiger partial charge on any atom is -0.476 e. The molecule has 2 rings (SSSR count). The molecule has 0 fully saturated rings. The smallest absolute Gasteiger partial charge is 0.355 e. The average molecular weight is 283 g/mol. The molecular weight excluding hydrogens is 270 g/mol. The van der Waals surface area contributed by atoms with Gasteiger partial charge in [-0.1, -0.05) is 0 Å². The van der Waals surface area contributed by atoms with Gasteiger partial charge in [-0.3, -0.25) is 0 Å². The maximum atomic E-state index is 10.8. The summed E-state index contributed by atoms with van der Waals surface area (Å²) >= 11 is 2.99. The molecule has 0 saturated heterocycles. The summed E-state index contributed by atoms with van der Waals surface area (Å²) in [5.74, 6) is -0.980. The molecule has 0 radical (unpaired) electrons. The number of anilines is 1. The predicted octanol–water partition coefficient (Wildman–Crippen LogP) is 2.57. The van der Waals surface area contributed by atoms with E-state index in [-0.39, 0.29) is 5.69 Å². The van der Waals surface area contributed by atoms with Crippen LogP contribution in [0.5, 0.6) is 0 Å². The van der Waals surface area contributed by atoms with Crippen LogP contribution in [0, 0.1) is 13.8 Å². The number of carboxylic acids is 1. The Morgan fingerprint density at radius 1 is 1.44 bits per heavy atom. The molecule has 2 aromatic heterocycles. The Balaban J connectivity index is 1.90. The van der Waals surface area contributed by atoms with Crippen LogP contribution >= 0.6 is 22.7 Å². The van der Waals surface area contributed by atoms with Crippen LogP contribution in [0.25, 0.3) is 0 Å². The van der Waals surface area contributed by atoms with Crippen molar-refractivity contribution in [2.45, 2.75) is 20.3 Å². The second-order valence-corrected chi connectivity index (χ2v) is 6.03. The number of aromatic carboxylic acids is 1. The third kappa shape index (κ3) is 3.05. The van der Waals surface area contributed by atoms with Crippen molar-refractivity contribution in [2.75, 3.05) is 11.9 Å². The lowest BCUT2D eigenvalue weighted by Crippen LogP contribution is -2.05. The largest absolute Gasteiger partial charge is 0.476 e. The molecule has 5 nitrogen and oxygen atoms in total. The maximum Gasteiger partial charge on any atom is 0.355 e. The minimum absolute atomic E-state index is 0.131. The van der Waals surface area contributed by atoms with Crippen molar-refractivity contribution in [2.24, 2.45) is 0 Å². The number of nitrogens with zero attached hydrogens (tertiary/aromatic N) is 2. The van der Waals surface area contributed by atoms with Gasteiger partial charge < -0.3 is 10.4 Å². The fourth-order valence-electron chi connectivity index (χ4n) is 1.49. The molecule has 0 atom stereocenters. The standard InChI is InChI=1S/C11H13N3O2S2/c1-6-9(10(15)16)14-11(18-6)12-4-3-8-5-17-7(2)13-8/h5H,3-4H2,1-2H3,(H,12,14)(H,15,16). The monoisotopic (exact) mass is 283 g/mol. The number of nitrogens with one attached hydrogen (secondary N) is 1. The van der Waals surface area contributed by atoms with E-state index in [1.54, 1.807) is 18.3 Å². The van der Waals surface area contributed by atoms with Gasteiger partial charge in [-0.2, -0.15) is 0 Å². The number of aryl methyl sites for hydroxylation is 2. The lowest BCUT2D eigenvalue weighted by atomic mass is 10.3. The van der Waals surface area contributed by atoms with Crippen molar-refractivity contribution in [3.63, 3.8) is 0 Å². The van der Waals surface area contributed by atoms with Crippen molar-refractivity contribution in [3.05, 3.63) is 26.7 Å². The zero-order valence-corrected chi connectivity index (χ0v) is 11.7. The topological polar surface area (TPSA) is 75.1 Å². The molecule has 0 aliphatic heterocycles. The van der Waals surface area contributed by atoms with Gasteiger partial charge in [0.05, 0.1) is 10.7 Å². The summed E-state index contributed by atoms with van der Waals surface area (Å²) in [6.45, 7) is 4.44. The zero-order chi connectivity index (χ0) is 13.1. The molecule has 0 aliphatic carbocycles. The third-order valence-corrected chi connectivity index (χ3v) is 4.07. The molecule has 0 spiro atoms. The van der Waals surface area contributed by atoms with Gasteiger partial charge in [-0.05, 0) is 13.8 Å². The fourth-order valence-corrected chi connectivity index (χ4v) is 2.97. The van der Waals surface area contributed by atoms with Crippen molar-refractivity contribution >= 4 is 33.8 Å². The fraction of sp³-hybridized carbons (Fsp3) is 0.364.